The van der Waals surface area contributed by atoms with Crippen LogP contribution in [0.3, 0.4) is 0 Å². The number of alkyl halides is 1. The minimum atomic E-state index is -2.26. The Hall–Kier alpha value is -2.88. The van der Waals surface area contributed by atoms with Crippen LogP contribution in [0.4, 0.5) is 10.1 Å². The van der Waals surface area contributed by atoms with E-state index in [1.165, 1.54) is 50.8 Å². The van der Waals surface area contributed by atoms with Crippen LogP contribution in [-0.2, 0) is 26.5 Å². The van der Waals surface area contributed by atoms with Gasteiger partial charge in [-0.1, -0.05) is 80.8 Å². The number of nitrogens with two attached hydrogens (primary N) is 1. The van der Waals surface area contributed by atoms with Crippen LogP contribution in [0.15, 0.2) is 71.2 Å². The molecule has 0 aromatic heterocycles. The summed E-state index contributed by atoms with van der Waals surface area (Å²) in [5.74, 6) is -0.360. The molecule has 1 aliphatic carbocycles. The summed E-state index contributed by atoms with van der Waals surface area (Å²) >= 11 is 4.97. The van der Waals surface area contributed by atoms with E-state index >= 15 is 4.39 Å². The van der Waals surface area contributed by atoms with E-state index in [1.807, 2.05) is 36.4 Å². The lowest BCUT2D eigenvalue weighted by Crippen LogP contribution is -2.36. The number of carbonyl (C=O) groups excluding carboxylic acids is 2. The van der Waals surface area contributed by atoms with Crippen LogP contribution in [0.1, 0.15) is 67.4 Å². The highest BCUT2D eigenvalue weighted by Gasteiger charge is 2.37. The number of ether oxygens (including phenoxy) is 2. The molecule has 0 aliphatic heterocycles. The summed E-state index contributed by atoms with van der Waals surface area (Å²) in [4.78, 5) is 27.8. The summed E-state index contributed by atoms with van der Waals surface area (Å²) in [6.07, 6.45) is 6.21. The van der Waals surface area contributed by atoms with Crippen molar-refractivity contribution in [2.45, 2.75) is 64.2 Å². The molecular weight excluding hydrogens is 643 g/mol. The second-order valence-corrected chi connectivity index (χ2v) is 13.3. The normalized spacial score (nSPS) is 15.1. The van der Waals surface area contributed by atoms with Gasteiger partial charge in [-0.3, -0.25) is 4.90 Å². The minimum absolute atomic E-state index is 0.0578. The molecule has 4 rings (SSSR count). The van der Waals surface area contributed by atoms with Gasteiger partial charge in [-0.15, -0.1) is 0 Å². The van der Waals surface area contributed by atoms with E-state index in [2.05, 4.69) is 27.8 Å². The fourth-order valence-electron chi connectivity index (χ4n) is 5.52. The molecule has 0 amide bonds. The molecule has 3 aromatic rings. The van der Waals surface area contributed by atoms with Gasteiger partial charge in [0, 0.05) is 34.1 Å². The molecule has 3 aromatic carbocycles. The van der Waals surface area contributed by atoms with Crippen LogP contribution in [0.2, 0.25) is 0 Å². The van der Waals surface area contributed by atoms with Crippen LogP contribution in [-0.4, -0.2) is 54.1 Å². The Kier molecular flexibility index (Phi) is 12.7. The van der Waals surface area contributed by atoms with Crippen LogP contribution < -0.4 is 5.73 Å². The average Bonchev–Trinajstić information content (AvgIpc) is 3.05. The van der Waals surface area contributed by atoms with Gasteiger partial charge >= 0.3 is 11.9 Å². The van der Waals surface area contributed by atoms with Gasteiger partial charge in [-0.25, -0.2) is 14.0 Å². The van der Waals surface area contributed by atoms with E-state index in [0.717, 1.165) is 23.2 Å². The maximum absolute atomic E-state index is 15.3. The zero-order valence-electron chi connectivity index (χ0n) is 25.5. The summed E-state index contributed by atoms with van der Waals surface area (Å²) in [7, 11) is 0. The summed E-state index contributed by atoms with van der Waals surface area (Å²) in [6, 6.07) is 20.7. The molecule has 0 heterocycles. The topological polar surface area (TPSA) is 81.9 Å². The van der Waals surface area contributed by atoms with E-state index < -0.39 is 17.6 Å². The lowest BCUT2D eigenvalue weighted by molar-refractivity contribution is -0.156. The first-order chi connectivity index (χ1) is 21.2. The molecule has 1 saturated carbocycles. The fourth-order valence-corrected chi connectivity index (χ4v) is 6.63. The monoisotopic (exact) mass is 684 g/mol. The number of carbonyl (C=O) groups is 2. The van der Waals surface area contributed by atoms with Gasteiger partial charge in [0.1, 0.15) is 13.2 Å². The van der Waals surface area contributed by atoms with Crippen molar-refractivity contribution in [1.29, 1.82) is 0 Å². The maximum atomic E-state index is 15.3. The van der Waals surface area contributed by atoms with Gasteiger partial charge in [-0.05, 0) is 71.1 Å². The number of nitrogen functional groups attached to an aromatic ring is 1. The number of hydrogen-bond donors (Lipinski definition) is 1. The van der Waals surface area contributed by atoms with Crippen molar-refractivity contribution in [3.05, 3.63) is 87.9 Å². The molecule has 0 bridgehead atoms. The predicted octanol–water partition coefficient (Wildman–Crippen LogP) is 8.17. The fraction of sp³-hybridized carbons (Fsp3) is 0.429. The highest BCUT2D eigenvalue weighted by molar-refractivity contribution is 9.10. The Morgan fingerprint density at radius 1 is 0.977 bits per heavy atom. The molecule has 0 spiro atoms. The number of esters is 2. The van der Waals surface area contributed by atoms with E-state index in [0.29, 0.717) is 39.8 Å². The molecule has 2 N–H and O–H groups in total. The Bertz CT molecular complexity index is 1380. The first-order valence-corrected chi connectivity index (χ1v) is 17.2. The van der Waals surface area contributed by atoms with Crippen molar-refractivity contribution in [3.63, 3.8) is 0 Å². The summed E-state index contributed by atoms with van der Waals surface area (Å²) < 4.78 is 26.8. The van der Waals surface area contributed by atoms with Crippen molar-refractivity contribution in [1.82, 2.24) is 4.90 Å². The minimum Gasteiger partial charge on any atom is -0.462 e. The smallest absolute Gasteiger partial charge is 0.348 e. The van der Waals surface area contributed by atoms with Gasteiger partial charge in [0.15, 0.2) is 0 Å². The number of anilines is 1. The molecule has 6 nitrogen and oxygen atoms in total. The zero-order chi connectivity index (χ0) is 31.5. The van der Waals surface area contributed by atoms with Gasteiger partial charge in [0.05, 0.1) is 11.3 Å². The first kappa shape index (κ1) is 34.0. The third kappa shape index (κ3) is 9.08. The molecule has 1 unspecified atom stereocenters. The number of rotatable bonds is 14. The second-order valence-electron chi connectivity index (χ2n) is 11.2. The van der Waals surface area contributed by atoms with Gasteiger partial charge < -0.3 is 15.2 Å². The number of benzene rings is 3. The van der Waals surface area contributed by atoms with E-state index in [9.17, 15) is 9.59 Å². The SMILES string of the molecule is CCN(Cc1cc(C(=O)OCCSCCOC(=O)C(C)(F)c2ccc(-c3ccccc3)cc2)cc(Br)c1N)C1CCCCC1. The second kappa shape index (κ2) is 16.4. The lowest BCUT2D eigenvalue weighted by atomic mass is 9.93. The number of hydrogen-bond acceptors (Lipinski definition) is 7. The molecule has 0 radical (unpaired) electrons. The lowest BCUT2D eigenvalue weighted by Gasteiger charge is -2.34. The van der Waals surface area contributed by atoms with Crippen molar-refractivity contribution in [2.75, 3.05) is 37.0 Å². The summed E-state index contributed by atoms with van der Waals surface area (Å²) in [6.45, 7) is 5.26. The average molecular weight is 686 g/mol. The van der Waals surface area contributed by atoms with Crippen molar-refractivity contribution in [2.24, 2.45) is 0 Å². The third-order valence-electron chi connectivity index (χ3n) is 8.16. The summed E-state index contributed by atoms with van der Waals surface area (Å²) in [5.41, 5.74) is 8.34. The third-order valence-corrected chi connectivity index (χ3v) is 9.73. The molecular formula is C35H42BrFN2O4S. The van der Waals surface area contributed by atoms with E-state index in [4.69, 9.17) is 15.2 Å². The maximum Gasteiger partial charge on any atom is 0.348 e. The van der Waals surface area contributed by atoms with Crippen LogP contribution in [0, 0.1) is 0 Å². The molecule has 236 valence electrons. The molecule has 44 heavy (non-hydrogen) atoms. The van der Waals surface area contributed by atoms with E-state index in [1.54, 1.807) is 30.3 Å². The van der Waals surface area contributed by atoms with Crippen molar-refractivity contribution in [3.8, 4) is 11.1 Å². The Labute approximate surface area is 273 Å². The quantitative estimate of drug-likeness (QED) is 0.104. The van der Waals surface area contributed by atoms with Crippen LogP contribution >= 0.6 is 27.7 Å². The Morgan fingerprint density at radius 3 is 2.27 bits per heavy atom. The standard InChI is InChI=1S/C35H42BrFN2O4S/c1-3-39(30-12-8-5-9-13-30)24-28-22-27(23-31(36)32(28)38)33(40)42-18-20-44-21-19-43-34(41)35(2,37)29-16-14-26(15-17-29)25-10-6-4-7-11-25/h4,6-7,10-11,14-17,22-23,30H,3,5,8-9,12-13,18-21,24,38H2,1-2H3. The first-order valence-electron chi connectivity index (χ1n) is 15.3. The molecule has 9 heteroatoms. The van der Waals surface area contributed by atoms with Gasteiger partial charge in [0.25, 0.3) is 0 Å². The van der Waals surface area contributed by atoms with E-state index in [-0.39, 0.29) is 18.8 Å². The number of nitrogens with zero attached hydrogens (tertiary/aromatic N) is 1. The van der Waals surface area contributed by atoms with Crippen molar-refractivity contribution < 1.29 is 23.5 Å². The molecule has 1 fully saturated rings. The van der Waals surface area contributed by atoms with Crippen LogP contribution in [0.25, 0.3) is 11.1 Å². The summed E-state index contributed by atoms with van der Waals surface area (Å²) in [5, 5.41) is 0. The molecule has 0 saturated heterocycles. The van der Waals surface area contributed by atoms with Crippen LogP contribution in [0.5, 0.6) is 0 Å². The Morgan fingerprint density at radius 2 is 1.61 bits per heavy atom. The Balaban J connectivity index is 1.19. The molecule has 1 aliphatic rings. The highest BCUT2D eigenvalue weighted by Crippen LogP contribution is 2.31. The number of halogens is 2. The van der Waals surface area contributed by atoms with Gasteiger partial charge in [-0.2, -0.15) is 11.8 Å². The number of thioether (sulfide) groups is 1. The molecule has 1 atom stereocenters. The van der Waals surface area contributed by atoms with Crippen molar-refractivity contribution >= 4 is 45.3 Å². The van der Waals surface area contributed by atoms with Gasteiger partial charge in [0.2, 0.25) is 5.67 Å². The predicted molar refractivity (Wildman–Crippen MR) is 180 cm³/mol. The largest absolute Gasteiger partial charge is 0.462 e. The zero-order valence-corrected chi connectivity index (χ0v) is 27.9. The highest BCUT2D eigenvalue weighted by atomic mass is 79.9.